The fourth-order valence-electron chi connectivity index (χ4n) is 3.45. The largest absolute Gasteiger partial charge is 0.204 e. The molecular formula is C24H26F2. The van der Waals surface area contributed by atoms with Crippen LogP contribution in [0.3, 0.4) is 0 Å². The van der Waals surface area contributed by atoms with Gasteiger partial charge in [0.05, 0.1) is 0 Å². The Balaban J connectivity index is 1.71. The summed E-state index contributed by atoms with van der Waals surface area (Å²) in [5.41, 5.74) is 2.36. The standard InChI is InChI=1S/C24H26F2/c1-2-3-4-5-6-7-9-18-12-13-20-17-21(15-14-19(20)16-18)22-10-8-11-23(25)24(22)26/h8,10-17H,2-7,9H2,1H3. The van der Waals surface area contributed by atoms with Crippen LogP contribution in [-0.2, 0) is 6.42 Å². The van der Waals surface area contributed by atoms with E-state index < -0.39 is 11.6 Å². The van der Waals surface area contributed by atoms with Crippen molar-refractivity contribution < 1.29 is 8.78 Å². The molecule has 3 aromatic carbocycles. The van der Waals surface area contributed by atoms with Gasteiger partial charge in [-0.2, -0.15) is 0 Å². The van der Waals surface area contributed by atoms with Gasteiger partial charge in [0.2, 0.25) is 0 Å². The van der Waals surface area contributed by atoms with E-state index in [0.717, 1.165) is 23.3 Å². The van der Waals surface area contributed by atoms with Gasteiger partial charge in [-0.15, -0.1) is 0 Å². The Bertz CT molecular complexity index is 867. The highest BCUT2D eigenvalue weighted by Gasteiger charge is 2.10. The van der Waals surface area contributed by atoms with Gasteiger partial charge in [-0.05, 0) is 46.9 Å². The Hall–Kier alpha value is -2.22. The lowest BCUT2D eigenvalue weighted by Gasteiger charge is -2.08. The molecule has 0 aliphatic carbocycles. The first-order valence-corrected chi connectivity index (χ1v) is 9.66. The van der Waals surface area contributed by atoms with Crippen LogP contribution in [0.4, 0.5) is 8.78 Å². The molecule has 0 radical (unpaired) electrons. The summed E-state index contributed by atoms with van der Waals surface area (Å²) in [6, 6.07) is 16.6. The molecule has 0 nitrogen and oxygen atoms in total. The van der Waals surface area contributed by atoms with Crippen molar-refractivity contribution in [1.82, 2.24) is 0 Å². The molecule has 0 N–H and O–H groups in total. The van der Waals surface area contributed by atoms with E-state index in [1.165, 1.54) is 44.1 Å². The second-order valence-corrected chi connectivity index (χ2v) is 7.02. The maximum absolute atomic E-state index is 14.0. The summed E-state index contributed by atoms with van der Waals surface area (Å²) in [5, 5.41) is 2.20. The van der Waals surface area contributed by atoms with Gasteiger partial charge < -0.3 is 0 Å². The molecule has 0 unspecified atom stereocenters. The lowest BCUT2D eigenvalue weighted by molar-refractivity contribution is 0.511. The summed E-state index contributed by atoms with van der Waals surface area (Å²) in [6.45, 7) is 2.24. The van der Waals surface area contributed by atoms with Crippen molar-refractivity contribution >= 4 is 10.8 Å². The third kappa shape index (κ3) is 4.49. The Morgan fingerprint density at radius 1 is 0.731 bits per heavy atom. The van der Waals surface area contributed by atoms with E-state index in [1.807, 2.05) is 18.2 Å². The van der Waals surface area contributed by atoms with Gasteiger partial charge in [0.1, 0.15) is 0 Å². The molecule has 0 amide bonds. The van der Waals surface area contributed by atoms with Crippen LogP contribution >= 0.6 is 0 Å². The first-order chi connectivity index (χ1) is 12.7. The average molecular weight is 352 g/mol. The third-order valence-corrected chi connectivity index (χ3v) is 4.99. The molecule has 2 heteroatoms. The molecule has 0 saturated heterocycles. The predicted molar refractivity (Wildman–Crippen MR) is 106 cm³/mol. The topological polar surface area (TPSA) is 0 Å². The highest BCUT2D eigenvalue weighted by molar-refractivity contribution is 5.88. The highest BCUT2D eigenvalue weighted by atomic mass is 19.2. The van der Waals surface area contributed by atoms with Crippen molar-refractivity contribution in [2.75, 3.05) is 0 Å². The van der Waals surface area contributed by atoms with E-state index in [0.29, 0.717) is 11.1 Å². The van der Waals surface area contributed by atoms with Crippen LogP contribution in [0.15, 0.2) is 54.6 Å². The zero-order valence-electron chi connectivity index (χ0n) is 15.4. The van der Waals surface area contributed by atoms with Gasteiger partial charge in [-0.25, -0.2) is 8.78 Å². The number of unbranched alkanes of at least 4 members (excludes halogenated alkanes) is 5. The molecule has 0 aliphatic rings. The Morgan fingerprint density at radius 2 is 1.46 bits per heavy atom. The Morgan fingerprint density at radius 3 is 2.31 bits per heavy atom. The minimum absolute atomic E-state index is 0.308. The van der Waals surface area contributed by atoms with Crippen molar-refractivity contribution in [2.45, 2.75) is 51.9 Å². The number of aryl methyl sites for hydroxylation is 1. The summed E-state index contributed by atoms with van der Waals surface area (Å²) >= 11 is 0. The zero-order valence-corrected chi connectivity index (χ0v) is 15.4. The van der Waals surface area contributed by atoms with Gasteiger partial charge in [-0.1, -0.05) is 81.5 Å². The van der Waals surface area contributed by atoms with Crippen LogP contribution in [0.5, 0.6) is 0 Å². The number of fused-ring (bicyclic) bond motifs is 1. The molecule has 0 saturated carbocycles. The summed E-state index contributed by atoms with van der Waals surface area (Å²) in [5.74, 6) is -1.59. The molecule has 0 heterocycles. The summed E-state index contributed by atoms with van der Waals surface area (Å²) in [7, 11) is 0. The van der Waals surface area contributed by atoms with Gasteiger partial charge in [0, 0.05) is 5.56 Å². The fraction of sp³-hybridized carbons (Fsp3) is 0.333. The van der Waals surface area contributed by atoms with E-state index in [2.05, 4.69) is 25.1 Å². The number of halogens is 2. The summed E-state index contributed by atoms with van der Waals surface area (Å²) in [6.07, 6.45) is 8.90. The molecule has 0 aliphatic heterocycles. The number of hydrogen-bond acceptors (Lipinski definition) is 0. The van der Waals surface area contributed by atoms with Crippen LogP contribution in [0.2, 0.25) is 0 Å². The second kappa shape index (κ2) is 8.93. The molecule has 3 aromatic rings. The minimum Gasteiger partial charge on any atom is -0.204 e. The van der Waals surface area contributed by atoms with Crippen LogP contribution in [-0.4, -0.2) is 0 Å². The van der Waals surface area contributed by atoms with Crippen LogP contribution in [0.25, 0.3) is 21.9 Å². The molecule has 0 aromatic heterocycles. The van der Waals surface area contributed by atoms with Crippen molar-refractivity contribution in [1.29, 1.82) is 0 Å². The first kappa shape index (κ1) is 18.6. The smallest absolute Gasteiger partial charge is 0.166 e. The summed E-state index contributed by atoms with van der Waals surface area (Å²) in [4.78, 5) is 0. The molecule has 0 fully saturated rings. The van der Waals surface area contributed by atoms with Crippen molar-refractivity contribution in [2.24, 2.45) is 0 Å². The molecule has 0 atom stereocenters. The van der Waals surface area contributed by atoms with Crippen molar-refractivity contribution in [3.63, 3.8) is 0 Å². The molecular weight excluding hydrogens is 326 g/mol. The van der Waals surface area contributed by atoms with Gasteiger partial charge in [0.25, 0.3) is 0 Å². The van der Waals surface area contributed by atoms with Crippen LogP contribution in [0.1, 0.15) is 51.0 Å². The third-order valence-electron chi connectivity index (χ3n) is 4.99. The maximum atomic E-state index is 14.0. The first-order valence-electron chi connectivity index (χ1n) is 9.66. The second-order valence-electron chi connectivity index (χ2n) is 7.02. The minimum atomic E-state index is -0.808. The molecule has 3 rings (SSSR count). The van der Waals surface area contributed by atoms with E-state index in [1.54, 1.807) is 12.1 Å². The Labute approximate surface area is 154 Å². The normalized spacial score (nSPS) is 11.2. The highest BCUT2D eigenvalue weighted by Crippen LogP contribution is 2.28. The van der Waals surface area contributed by atoms with Crippen LogP contribution in [0, 0.1) is 11.6 Å². The fourth-order valence-corrected chi connectivity index (χ4v) is 3.45. The van der Waals surface area contributed by atoms with Crippen molar-refractivity contribution in [3.05, 3.63) is 71.8 Å². The lowest BCUT2D eigenvalue weighted by atomic mass is 9.98. The molecule has 136 valence electrons. The van der Waals surface area contributed by atoms with Crippen molar-refractivity contribution in [3.8, 4) is 11.1 Å². The number of benzene rings is 3. The van der Waals surface area contributed by atoms with E-state index in [4.69, 9.17) is 0 Å². The Kier molecular flexibility index (Phi) is 6.38. The molecule has 0 bridgehead atoms. The molecule has 26 heavy (non-hydrogen) atoms. The monoisotopic (exact) mass is 352 g/mol. The number of rotatable bonds is 8. The van der Waals surface area contributed by atoms with Gasteiger partial charge in [0.15, 0.2) is 11.6 Å². The predicted octanol–water partition coefficient (Wildman–Crippen LogP) is 7.69. The molecule has 0 spiro atoms. The van der Waals surface area contributed by atoms with E-state index in [-0.39, 0.29) is 0 Å². The number of hydrogen-bond donors (Lipinski definition) is 0. The van der Waals surface area contributed by atoms with Gasteiger partial charge in [-0.3, -0.25) is 0 Å². The maximum Gasteiger partial charge on any atom is 0.166 e. The quantitative estimate of drug-likeness (QED) is 0.365. The average Bonchev–Trinajstić information content (AvgIpc) is 2.66. The van der Waals surface area contributed by atoms with E-state index >= 15 is 0 Å². The van der Waals surface area contributed by atoms with E-state index in [9.17, 15) is 8.78 Å². The summed E-state index contributed by atoms with van der Waals surface area (Å²) < 4.78 is 27.5. The lowest BCUT2D eigenvalue weighted by Crippen LogP contribution is -1.90. The zero-order chi connectivity index (χ0) is 18.4. The van der Waals surface area contributed by atoms with Gasteiger partial charge >= 0.3 is 0 Å². The van der Waals surface area contributed by atoms with Crippen LogP contribution < -0.4 is 0 Å². The SMILES string of the molecule is CCCCCCCCc1ccc2cc(-c3cccc(F)c3F)ccc2c1.